The molecule has 1 aliphatic rings. The number of aromatic amines is 1. The predicted octanol–water partition coefficient (Wildman–Crippen LogP) is 2.59. The zero-order chi connectivity index (χ0) is 22.6. The van der Waals surface area contributed by atoms with Crippen LogP contribution < -0.4 is 4.74 Å². The molecule has 2 amide bonds. The molecule has 1 N–H and O–H groups in total. The lowest BCUT2D eigenvalue weighted by molar-refractivity contribution is -0.274. The molecule has 0 spiro atoms. The fourth-order valence-electron chi connectivity index (χ4n) is 3.25. The third kappa shape index (κ3) is 6.20. The Morgan fingerprint density at radius 2 is 1.97 bits per heavy atom. The first-order valence-electron chi connectivity index (χ1n) is 9.66. The number of ether oxygens (including phenoxy) is 2. The van der Waals surface area contributed by atoms with Crippen LogP contribution in [0.5, 0.6) is 5.75 Å². The van der Waals surface area contributed by atoms with Gasteiger partial charge < -0.3 is 19.3 Å². The quantitative estimate of drug-likeness (QED) is 0.746. The Balaban J connectivity index is 1.68. The van der Waals surface area contributed by atoms with Gasteiger partial charge in [0.25, 0.3) is 5.91 Å². The van der Waals surface area contributed by atoms with Crippen LogP contribution >= 0.6 is 0 Å². The summed E-state index contributed by atoms with van der Waals surface area (Å²) >= 11 is 0. The van der Waals surface area contributed by atoms with Crippen molar-refractivity contribution in [3.63, 3.8) is 0 Å². The van der Waals surface area contributed by atoms with Gasteiger partial charge >= 0.3 is 6.36 Å². The van der Waals surface area contributed by atoms with Crippen molar-refractivity contribution in [3.8, 4) is 5.75 Å². The van der Waals surface area contributed by atoms with Gasteiger partial charge in [0.05, 0.1) is 24.5 Å². The fraction of sp³-hybridized carbons (Fsp3) is 0.450. The first kappa shape index (κ1) is 22.6. The highest BCUT2D eigenvalue weighted by Gasteiger charge is 2.33. The van der Waals surface area contributed by atoms with Crippen LogP contribution in [0, 0.1) is 0 Å². The standard InChI is InChI=1S/C20H23F3N4O4/c1-13(2)27-10-17(9-26(11-18(27)28)19(29)15-7-24-25-8-15)30-12-14-3-5-16(6-4-14)31-20(21,22)23/h3-8,13,17H,9-12H2,1-2H3,(H,24,25). The van der Waals surface area contributed by atoms with Crippen LogP contribution in [-0.2, 0) is 16.1 Å². The zero-order valence-corrected chi connectivity index (χ0v) is 17.1. The summed E-state index contributed by atoms with van der Waals surface area (Å²) in [5, 5.41) is 6.34. The Hall–Kier alpha value is -3.08. The highest BCUT2D eigenvalue weighted by molar-refractivity contribution is 5.96. The minimum Gasteiger partial charge on any atom is -0.406 e. The molecule has 0 radical (unpaired) electrons. The van der Waals surface area contributed by atoms with Gasteiger partial charge in [-0.25, -0.2) is 0 Å². The number of nitrogens with zero attached hydrogens (tertiary/aromatic N) is 3. The van der Waals surface area contributed by atoms with E-state index in [9.17, 15) is 22.8 Å². The summed E-state index contributed by atoms with van der Waals surface area (Å²) in [6, 6.07) is 5.27. The van der Waals surface area contributed by atoms with Gasteiger partial charge in [0, 0.05) is 25.3 Å². The molecule has 1 saturated heterocycles. The average Bonchev–Trinajstić information content (AvgIpc) is 3.17. The second kappa shape index (κ2) is 9.38. The normalized spacial score (nSPS) is 17.7. The molecule has 1 aliphatic heterocycles. The zero-order valence-electron chi connectivity index (χ0n) is 17.1. The van der Waals surface area contributed by atoms with Crippen molar-refractivity contribution in [1.29, 1.82) is 0 Å². The van der Waals surface area contributed by atoms with E-state index in [0.717, 1.165) is 0 Å². The van der Waals surface area contributed by atoms with E-state index in [1.54, 1.807) is 4.90 Å². The van der Waals surface area contributed by atoms with Crippen LogP contribution in [-0.4, -0.2) is 70.0 Å². The Morgan fingerprint density at radius 3 is 2.55 bits per heavy atom. The maximum absolute atomic E-state index is 12.7. The summed E-state index contributed by atoms with van der Waals surface area (Å²) in [5.41, 5.74) is 0.971. The molecule has 0 aliphatic carbocycles. The number of benzene rings is 1. The van der Waals surface area contributed by atoms with E-state index >= 15 is 0 Å². The molecule has 0 bridgehead atoms. The average molecular weight is 440 g/mol. The van der Waals surface area contributed by atoms with E-state index in [4.69, 9.17) is 4.74 Å². The molecule has 2 heterocycles. The van der Waals surface area contributed by atoms with Gasteiger partial charge in [-0.2, -0.15) is 5.10 Å². The molecule has 3 rings (SSSR count). The smallest absolute Gasteiger partial charge is 0.406 e. The summed E-state index contributed by atoms with van der Waals surface area (Å²) in [7, 11) is 0. The number of aromatic nitrogens is 2. The first-order valence-corrected chi connectivity index (χ1v) is 9.66. The van der Waals surface area contributed by atoms with Gasteiger partial charge in [-0.1, -0.05) is 12.1 Å². The molecule has 1 unspecified atom stereocenters. The monoisotopic (exact) mass is 440 g/mol. The number of hydrogen-bond acceptors (Lipinski definition) is 5. The first-order chi connectivity index (χ1) is 14.6. The number of amides is 2. The van der Waals surface area contributed by atoms with Gasteiger partial charge in [-0.05, 0) is 31.5 Å². The molecule has 1 atom stereocenters. The number of alkyl halides is 3. The number of carbonyl (C=O) groups excluding carboxylic acids is 2. The molecule has 31 heavy (non-hydrogen) atoms. The molecule has 168 valence electrons. The van der Waals surface area contributed by atoms with Gasteiger partial charge in [0.1, 0.15) is 12.3 Å². The number of hydrogen-bond donors (Lipinski definition) is 1. The second-order valence-corrected chi connectivity index (χ2v) is 7.44. The molecule has 2 aromatic rings. The number of H-pyrrole nitrogens is 1. The predicted molar refractivity (Wildman–Crippen MR) is 103 cm³/mol. The summed E-state index contributed by atoms with van der Waals surface area (Å²) < 4.78 is 46.7. The van der Waals surface area contributed by atoms with Crippen LogP contribution in [0.2, 0.25) is 0 Å². The van der Waals surface area contributed by atoms with E-state index in [-0.39, 0.29) is 43.3 Å². The van der Waals surface area contributed by atoms with Gasteiger partial charge in [-0.15, -0.1) is 13.2 Å². The minimum absolute atomic E-state index is 0.0778. The molecule has 1 fully saturated rings. The molecule has 1 aromatic carbocycles. The van der Waals surface area contributed by atoms with Gasteiger partial charge in [-0.3, -0.25) is 14.7 Å². The Kier molecular flexibility index (Phi) is 6.84. The van der Waals surface area contributed by atoms with Crippen LogP contribution in [0.25, 0.3) is 0 Å². The van der Waals surface area contributed by atoms with Crippen molar-refractivity contribution in [2.75, 3.05) is 19.6 Å². The number of halogens is 3. The number of nitrogens with one attached hydrogen (secondary N) is 1. The number of carbonyl (C=O) groups is 2. The summed E-state index contributed by atoms with van der Waals surface area (Å²) in [5.74, 6) is -0.847. The van der Waals surface area contributed by atoms with E-state index in [2.05, 4.69) is 14.9 Å². The fourth-order valence-corrected chi connectivity index (χ4v) is 3.25. The largest absolute Gasteiger partial charge is 0.573 e. The Morgan fingerprint density at radius 1 is 1.26 bits per heavy atom. The summed E-state index contributed by atoms with van der Waals surface area (Å²) in [6.45, 7) is 4.26. The molecule has 0 saturated carbocycles. The minimum atomic E-state index is -4.75. The summed E-state index contributed by atoms with van der Waals surface area (Å²) in [4.78, 5) is 28.5. The second-order valence-electron chi connectivity index (χ2n) is 7.44. The lowest BCUT2D eigenvalue weighted by atomic mass is 10.2. The van der Waals surface area contributed by atoms with E-state index in [1.807, 2.05) is 13.8 Å². The lowest BCUT2D eigenvalue weighted by Crippen LogP contribution is -2.42. The van der Waals surface area contributed by atoms with Crippen molar-refractivity contribution in [1.82, 2.24) is 20.0 Å². The van der Waals surface area contributed by atoms with E-state index in [1.165, 1.54) is 41.6 Å². The van der Waals surface area contributed by atoms with Crippen LogP contribution in [0.15, 0.2) is 36.7 Å². The van der Waals surface area contributed by atoms with Crippen molar-refractivity contribution in [2.45, 2.75) is 39.0 Å². The third-order valence-electron chi connectivity index (χ3n) is 4.77. The van der Waals surface area contributed by atoms with Crippen molar-refractivity contribution < 1.29 is 32.2 Å². The third-order valence-corrected chi connectivity index (χ3v) is 4.77. The summed E-state index contributed by atoms with van der Waals surface area (Å²) in [6.07, 6.45) is -2.39. The molecular formula is C20H23F3N4O4. The van der Waals surface area contributed by atoms with Crippen molar-refractivity contribution in [3.05, 3.63) is 47.8 Å². The van der Waals surface area contributed by atoms with E-state index in [0.29, 0.717) is 17.7 Å². The van der Waals surface area contributed by atoms with Crippen LogP contribution in [0.4, 0.5) is 13.2 Å². The van der Waals surface area contributed by atoms with Gasteiger partial charge in [0.15, 0.2) is 0 Å². The Bertz CT molecular complexity index is 885. The topological polar surface area (TPSA) is 87.8 Å². The molecule has 11 heteroatoms. The molecular weight excluding hydrogens is 417 g/mol. The van der Waals surface area contributed by atoms with Crippen molar-refractivity contribution >= 4 is 11.8 Å². The van der Waals surface area contributed by atoms with Crippen LogP contribution in [0.1, 0.15) is 29.8 Å². The highest BCUT2D eigenvalue weighted by Crippen LogP contribution is 2.23. The SMILES string of the molecule is CC(C)N1CC(OCc2ccc(OC(F)(F)F)cc2)CN(C(=O)c2cn[nH]c2)CC1=O. The van der Waals surface area contributed by atoms with Crippen LogP contribution in [0.3, 0.4) is 0 Å². The number of rotatable bonds is 6. The van der Waals surface area contributed by atoms with Crippen molar-refractivity contribution in [2.24, 2.45) is 0 Å². The maximum atomic E-state index is 12.7. The molecule has 8 nitrogen and oxygen atoms in total. The lowest BCUT2D eigenvalue weighted by Gasteiger charge is -2.27. The highest BCUT2D eigenvalue weighted by atomic mass is 19.4. The maximum Gasteiger partial charge on any atom is 0.573 e. The van der Waals surface area contributed by atoms with Gasteiger partial charge in [0.2, 0.25) is 5.91 Å². The van der Waals surface area contributed by atoms with E-state index < -0.39 is 12.5 Å². The Labute approximate surface area is 176 Å². The molecule has 1 aromatic heterocycles.